The lowest BCUT2D eigenvalue weighted by molar-refractivity contribution is 0.367. The van der Waals surface area contributed by atoms with E-state index >= 15 is 0 Å². The average molecular weight is 270 g/mol. The molecule has 3 rings (SSSR count). The van der Waals surface area contributed by atoms with E-state index in [0.717, 1.165) is 36.5 Å². The van der Waals surface area contributed by atoms with E-state index in [0.29, 0.717) is 12.0 Å². The minimum Gasteiger partial charge on any atom is -0.352 e. The second-order valence-electron chi connectivity index (χ2n) is 5.97. The topological polar surface area (TPSA) is 41.1 Å². The van der Waals surface area contributed by atoms with Crippen molar-refractivity contribution in [3.63, 3.8) is 0 Å². The van der Waals surface area contributed by atoms with Gasteiger partial charge in [-0.25, -0.2) is 4.98 Å². The van der Waals surface area contributed by atoms with Crippen LogP contribution >= 0.6 is 0 Å². The number of benzene rings is 1. The summed E-state index contributed by atoms with van der Waals surface area (Å²) in [6.07, 6.45) is 1.90. The molecule has 1 aliphatic heterocycles. The normalized spacial score (nSPS) is 19.8. The Kier molecular flexibility index (Phi) is 3.57. The van der Waals surface area contributed by atoms with Gasteiger partial charge in [0.15, 0.2) is 0 Å². The average Bonchev–Trinajstić information content (AvgIpc) is 2.46. The Bertz CT molecular complexity index is 608. The summed E-state index contributed by atoms with van der Waals surface area (Å²) >= 11 is 0. The molecule has 0 spiro atoms. The highest BCUT2D eigenvalue weighted by Gasteiger charge is 2.22. The molecule has 1 unspecified atom stereocenters. The molecule has 1 N–H and O–H groups in total. The van der Waals surface area contributed by atoms with Gasteiger partial charge < -0.3 is 10.2 Å². The summed E-state index contributed by atoms with van der Waals surface area (Å²) in [4.78, 5) is 11.7. The van der Waals surface area contributed by atoms with Crippen LogP contribution in [0.4, 0.5) is 5.82 Å². The van der Waals surface area contributed by atoms with Crippen molar-refractivity contribution >= 4 is 16.9 Å². The fourth-order valence-electron chi connectivity index (χ4n) is 2.70. The number of aryl methyl sites for hydroxylation is 1. The van der Waals surface area contributed by atoms with Crippen LogP contribution in [0, 0.1) is 12.8 Å². The van der Waals surface area contributed by atoms with E-state index in [1.807, 2.05) is 12.3 Å². The highest BCUT2D eigenvalue weighted by Crippen LogP contribution is 2.19. The number of nitrogens with one attached hydrogen (secondary N) is 1. The Balaban J connectivity index is 1.89. The number of aromatic nitrogens is 2. The van der Waals surface area contributed by atoms with Crippen LogP contribution in [-0.2, 0) is 0 Å². The predicted octanol–water partition coefficient (Wildman–Crippen LogP) is 2.37. The number of fused-ring (bicyclic) bond motifs is 1. The zero-order valence-electron chi connectivity index (χ0n) is 12.4. The monoisotopic (exact) mass is 270 g/mol. The van der Waals surface area contributed by atoms with E-state index in [2.05, 4.69) is 48.1 Å². The van der Waals surface area contributed by atoms with Crippen LogP contribution in [0.25, 0.3) is 11.0 Å². The van der Waals surface area contributed by atoms with E-state index in [9.17, 15) is 0 Å². The molecule has 2 aromatic rings. The maximum atomic E-state index is 4.79. The number of hydrogen-bond acceptors (Lipinski definition) is 4. The molecule has 4 nitrogen and oxygen atoms in total. The van der Waals surface area contributed by atoms with Crippen LogP contribution < -0.4 is 10.2 Å². The van der Waals surface area contributed by atoms with Crippen molar-refractivity contribution in [2.24, 2.45) is 5.92 Å². The third kappa shape index (κ3) is 2.61. The quantitative estimate of drug-likeness (QED) is 0.909. The van der Waals surface area contributed by atoms with Gasteiger partial charge in [-0.3, -0.25) is 4.98 Å². The lowest BCUT2D eigenvalue weighted by atomic mass is 10.0. The molecule has 1 atom stereocenters. The van der Waals surface area contributed by atoms with Gasteiger partial charge in [0, 0.05) is 25.7 Å². The summed E-state index contributed by atoms with van der Waals surface area (Å²) in [5.74, 6) is 1.63. The molecule has 0 aliphatic carbocycles. The van der Waals surface area contributed by atoms with Gasteiger partial charge in [0.1, 0.15) is 5.82 Å². The summed E-state index contributed by atoms with van der Waals surface area (Å²) in [5, 5.41) is 3.57. The lowest BCUT2D eigenvalue weighted by Crippen LogP contribution is -2.53. The second kappa shape index (κ2) is 5.37. The van der Waals surface area contributed by atoms with E-state index in [1.54, 1.807) is 0 Å². The van der Waals surface area contributed by atoms with Gasteiger partial charge in [-0.1, -0.05) is 19.9 Å². The van der Waals surface area contributed by atoms with Crippen molar-refractivity contribution in [1.29, 1.82) is 0 Å². The maximum absolute atomic E-state index is 4.79. The first-order valence-electron chi connectivity index (χ1n) is 7.35. The number of nitrogens with zero attached hydrogens (tertiary/aromatic N) is 3. The Morgan fingerprint density at radius 3 is 2.95 bits per heavy atom. The third-order valence-electron chi connectivity index (χ3n) is 4.02. The van der Waals surface area contributed by atoms with Crippen LogP contribution in [0.5, 0.6) is 0 Å². The summed E-state index contributed by atoms with van der Waals surface area (Å²) in [6, 6.07) is 6.75. The van der Waals surface area contributed by atoms with Crippen molar-refractivity contribution in [3.8, 4) is 0 Å². The molecule has 106 valence electrons. The smallest absolute Gasteiger partial charge is 0.147 e. The number of anilines is 1. The van der Waals surface area contributed by atoms with E-state index in [-0.39, 0.29) is 0 Å². The van der Waals surface area contributed by atoms with Crippen molar-refractivity contribution in [1.82, 2.24) is 15.3 Å². The molecule has 0 radical (unpaired) electrons. The summed E-state index contributed by atoms with van der Waals surface area (Å²) < 4.78 is 0. The first-order chi connectivity index (χ1) is 9.63. The van der Waals surface area contributed by atoms with Crippen LogP contribution in [-0.4, -0.2) is 35.6 Å². The molecule has 0 bridgehead atoms. The van der Waals surface area contributed by atoms with Crippen LogP contribution in [0.3, 0.4) is 0 Å². The fraction of sp³-hybridized carbons (Fsp3) is 0.500. The molecule has 0 saturated carbocycles. The zero-order valence-corrected chi connectivity index (χ0v) is 12.4. The Labute approximate surface area is 120 Å². The Morgan fingerprint density at radius 2 is 2.15 bits per heavy atom. The van der Waals surface area contributed by atoms with Crippen molar-refractivity contribution in [3.05, 3.63) is 30.0 Å². The minimum atomic E-state index is 0.527. The second-order valence-corrected chi connectivity index (χ2v) is 5.97. The van der Waals surface area contributed by atoms with Gasteiger partial charge in [0.2, 0.25) is 0 Å². The first kappa shape index (κ1) is 13.3. The maximum Gasteiger partial charge on any atom is 0.147 e. The number of hydrogen-bond donors (Lipinski definition) is 1. The summed E-state index contributed by atoms with van der Waals surface area (Å²) in [6.45, 7) is 9.62. The van der Waals surface area contributed by atoms with E-state index in [1.165, 1.54) is 5.56 Å². The van der Waals surface area contributed by atoms with Gasteiger partial charge in [0.05, 0.1) is 17.2 Å². The SMILES string of the molecule is Cc1ccc2ncc(N3CCNC(C(C)C)C3)nc2c1. The highest BCUT2D eigenvalue weighted by molar-refractivity contribution is 5.76. The molecule has 1 aromatic heterocycles. The Hall–Kier alpha value is -1.68. The fourth-order valence-corrected chi connectivity index (χ4v) is 2.70. The molecular weight excluding hydrogens is 248 g/mol. The Morgan fingerprint density at radius 1 is 1.30 bits per heavy atom. The van der Waals surface area contributed by atoms with E-state index < -0.39 is 0 Å². The number of rotatable bonds is 2. The molecule has 1 aliphatic rings. The van der Waals surface area contributed by atoms with Crippen molar-refractivity contribution in [2.45, 2.75) is 26.8 Å². The number of piperazine rings is 1. The first-order valence-corrected chi connectivity index (χ1v) is 7.35. The van der Waals surface area contributed by atoms with Gasteiger partial charge >= 0.3 is 0 Å². The highest BCUT2D eigenvalue weighted by atomic mass is 15.2. The molecule has 0 amide bonds. The molecular formula is C16H22N4. The molecule has 1 fully saturated rings. The van der Waals surface area contributed by atoms with Crippen LogP contribution in [0.2, 0.25) is 0 Å². The third-order valence-corrected chi connectivity index (χ3v) is 4.02. The molecule has 2 heterocycles. The summed E-state index contributed by atoms with van der Waals surface area (Å²) in [5.41, 5.74) is 3.18. The van der Waals surface area contributed by atoms with Crippen LogP contribution in [0.15, 0.2) is 24.4 Å². The van der Waals surface area contributed by atoms with Crippen molar-refractivity contribution in [2.75, 3.05) is 24.5 Å². The molecule has 1 aromatic carbocycles. The van der Waals surface area contributed by atoms with Crippen molar-refractivity contribution < 1.29 is 0 Å². The molecule has 1 saturated heterocycles. The predicted molar refractivity (Wildman–Crippen MR) is 83.1 cm³/mol. The van der Waals surface area contributed by atoms with Gasteiger partial charge in [-0.2, -0.15) is 0 Å². The summed E-state index contributed by atoms with van der Waals surface area (Å²) in [7, 11) is 0. The largest absolute Gasteiger partial charge is 0.352 e. The minimum absolute atomic E-state index is 0.527. The van der Waals surface area contributed by atoms with E-state index in [4.69, 9.17) is 4.98 Å². The van der Waals surface area contributed by atoms with Gasteiger partial charge in [0.25, 0.3) is 0 Å². The van der Waals surface area contributed by atoms with Gasteiger partial charge in [-0.05, 0) is 30.5 Å². The standard InChI is InChI=1S/C16H22N4/c1-11(2)15-10-20(7-6-17-15)16-9-18-13-5-4-12(3)8-14(13)19-16/h4-5,8-9,11,15,17H,6-7,10H2,1-3H3. The lowest BCUT2D eigenvalue weighted by Gasteiger charge is -2.36. The molecule has 20 heavy (non-hydrogen) atoms. The molecule has 4 heteroatoms. The van der Waals surface area contributed by atoms with Gasteiger partial charge in [-0.15, -0.1) is 0 Å². The zero-order chi connectivity index (χ0) is 14.1. The van der Waals surface area contributed by atoms with Crippen LogP contribution in [0.1, 0.15) is 19.4 Å².